The molecule has 2 heterocycles. The van der Waals surface area contributed by atoms with E-state index >= 15 is 0 Å². The van der Waals surface area contributed by atoms with Crippen molar-refractivity contribution in [3.05, 3.63) is 24.0 Å². The largest absolute Gasteiger partial charge is 0.383 e. The third kappa shape index (κ3) is 3.40. The fourth-order valence-electron chi connectivity index (χ4n) is 1.67. The van der Waals surface area contributed by atoms with E-state index in [0.717, 1.165) is 25.4 Å². The Labute approximate surface area is 99.5 Å². The lowest BCUT2D eigenvalue weighted by molar-refractivity contribution is 0.0806. The second-order valence-corrected chi connectivity index (χ2v) is 3.90. The summed E-state index contributed by atoms with van der Waals surface area (Å²) in [5.74, 6) is -0.521. The number of nitrogens with zero attached hydrogens (tertiary/aromatic N) is 1. The predicted molar refractivity (Wildman–Crippen MR) is 63.9 cm³/mol. The number of carbonyl (C=O) groups excluding carboxylic acids is 1. The van der Waals surface area contributed by atoms with Crippen molar-refractivity contribution in [3.63, 3.8) is 0 Å². The molecule has 1 amide bonds. The smallest absolute Gasteiger partial charge is 0.267 e. The maximum Gasteiger partial charge on any atom is 0.267 e. The monoisotopic (exact) mass is 236 g/mol. The molecule has 1 aliphatic rings. The highest BCUT2D eigenvalue weighted by molar-refractivity contribution is 5.91. The third-order valence-corrected chi connectivity index (χ3v) is 2.56. The van der Waals surface area contributed by atoms with Crippen LogP contribution in [0.1, 0.15) is 10.5 Å². The molecule has 92 valence electrons. The minimum atomic E-state index is -0.521. The van der Waals surface area contributed by atoms with E-state index in [2.05, 4.69) is 15.6 Å². The first-order valence-electron chi connectivity index (χ1n) is 5.56. The van der Waals surface area contributed by atoms with Crippen LogP contribution in [0.2, 0.25) is 0 Å². The van der Waals surface area contributed by atoms with Crippen LogP contribution < -0.4 is 16.4 Å². The van der Waals surface area contributed by atoms with Gasteiger partial charge < -0.3 is 21.1 Å². The summed E-state index contributed by atoms with van der Waals surface area (Å²) in [6.45, 7) is 3.07. The summed E-state index contributed by atoms with van der Waals surface area (Å²) in [4.78, 5) is 14.8. The van der Waals surface area contributed by atoms with Gasteiger partial charge in [0, 0.05) is 31.0 Å². The zero-order chi connectivity index (χ0) is 12.1. The second kappa shape index (κ2) is 5.60. The molecular formula is C11H16N4O2. The molecule has 6 heteroatoms. The van der Waals surface area contributed by atoms with Crippen molar-refractivity contribution in [2.45, 2.75) is 6.04 Å². The van der Waals surface area contributed by atoms with Crippen molar-refractivity contribution in [3.8, 4) is 0 Å². The van der Waals surface area contributed by atoms with Crippen LogP contribution in [0.15, 0.2) is 18.3 Å². The molecule has 17 heavy (non-hydrogen) atoms. The minimum absolute atomic E-state index is 0.267. The van der Waals surface area contributed by atoms with E-state index in [-0.39, 0.29) is 11.7 Å². The Morgan fingerprint density at radius 1 is 1.71 bits per heavy atom. The fraction of sp³-hybridized carbons (Fsp3) is 0.455. The first kappa shape index (κ1) is 11.8. The average molecular weight is 236 g/mol. The zero-order valence-corrected chi connectivity index (χ0v) is 9.48. The molecule has 0 radical (unpaired) electrons. The normalized spacial score (nSPS) is 19.9. The van der Waals surface area contributed by atoms with Gasteiger partial charge in [0.2, 0.25) is 0 Å². The molecule has 1 saturated heterocycles. The maximum atomic E-state index is 11.0. The molecular weight excluding hydrogens is 220 g/mol. The van der Waals surface area contributed by atoms with Crippen molar-refractivity contribution in [1.82, 2.24) is 10.3 Å². The Balaban J connectivity index is 1.89. The van der Waals surface area contributed by atoms with Crippen LogP contribution in [0.4, 0.5) is 5.69 Å². The minimum Gasteiger partial charge on any atom is -0.383 e. The van der Waals surface area contributed by atoms with E-state index in [9.17, 15) is 4.79 Å². The number of hydrogen-bond acceptors (Lipinski definition) is 5. The number of pyridine rings is 1. The highest BCUT2D eigenvalue weighted by Gasteiger charge is 2.12. The standard InChI is InChI=1S/C11H16N4O2/c12-11(16)10-5-8(1-2-14-10)15-6-9-7-17-4-3-13-9/h1-2,5,9,13H,3-4,6-7H2,(H2,12,16)(H,14,15). The van der Waals surface area contributed by atoms with E-state index in [1.54, 1.807) is 18.3 Å². The van der Waals surface area contributed by atoms with Gasteiger partial charge in [-0.1, -0.05) is 0 Å². The first-order valence-corrected chi connectivity index (χ1v) is 5.56. The maximum absolute atomic E-state index is 11.0. The van der Waals surface area contributed by atoms with E-state index in [0.29, 0.717) is 6.61 Å². The summed E-state index contributed by atoms with van der Waals surface area (Å²) in [5.41, 5.74) is 6.26. The molecule has 0 spiro atoms. The Morgan fingerprint density at radius 2 is 2.59 bits per heavy atom. The van der Waals surface area contributed by atoms with Gasteiger partial charge in [0.1, 0.15) is 5.69 Å². The van der Waals surface area contributed by atoms with Crippen LogP contribution in [0.5, 0.6) is 0 Å². The number of aromatic nitrogens is 1. The van der Waals surface area contributed by atoms with Crippen LogP contribution in [-0.2, 0) is 4.74 Å². The van der Waals surface area contributed by atoms with Crippen molar-refractivity contribution < 1.29 is 9.53 Å². The molecule has 1 aromatic rings. The lowest BCUT2D eigenvalue weighted by Gasteiger charge is -2.24. The van der Waals surface area contributed by atoms with Gasteiger partial charge >= 0.3 is 0 Å². The van der Waals surface area contributed by atoms with Crippen molar-refractivity contribution in [1.29, 1.82) is 0 Å². The van der Waals surface area contributed by atoms with Gasteiger partial charge in [-0.2, -0.15) is 0 Å². The quantitative estimate of drug-likeness (QED) is 0.660. The van der Waals surface area contributed by atoms with Crippen molar-refractivity contribution >= 4 is 11.6 Å². The molecule has 1 aromatic heterocycles. The van der Waals surface area contributed by atoms with Crippen LogP contribution in [0, 0.1) is 0 Å². The van der Waals surface area contributed by atoms with Crippen LogP contribution in [-0.4, -0.2) is 43.2 Å². The molecule has 2 rings (SSSR count). The highest BCUT2D eigenvalue weighted by atomic mass is 16.5. The number of nitrogens with two attached hydrogens (primary N) is 1. The Morgan fingerprint density at radius 3 is 3.29 bits per heavy atom. The lowest BCUT2D eigenvalue weighted by Crippen LogP contribution is -2.45. The molecule has 1 unspecified atom stereocenters. The first-order chi connectivity index (χ1) is 8.25. The van der Waals surface area contributed by atoms with Gasteiger partial charge in [-0.05, 0) is 12.1 Å². The van der Waals surface area contributed by atoms with E-state index in [1.165, 1.54) is 0 Å². The molecule has 1 aliphatic heterocycles. The average Bonchev–Trinajstić information content (AvgIpc) is 2.38. The topological polar surface area (TPSA) is 89.3 Å². The zero-order valence-electron chi connectivity index (χ0n) is 9.48. The number of anilines is 1. The summed E-state index contributed by atoms with van der Waals surface area (Å²) in [5, 5.41) is 6.55. The van der Waals surface area contributed by atoms with E-state index < -0.39 is 5.91 Å². The molecule has 0 aliphatic carbocycles. The number of amides is 1. The van der Waals surface area contributed by atoms with Crippen LogP contribution in [0.25, 0.3) is 0 Å². The number of carbonyl (C=O) groups is 1. The fourth-order valence-corrected chi connectivity index (χ4v) is 1.67. The Kier molecular flexibility index (Phi) is 3.89. The van der Waals surface area contributed by atoms with Crippen molar-refractivity contribution in [2.75, 3.05) is 31.6 Å². The number of primary amides is 1. The summed E-state index contributed by atoms with van der Waals surface area (Å²) in [7, 11) is 0. The van der Waals surface area contributed by atoms with E-state index in [1.807, 2.05) is 0 Å². The van der Waals surface area contributed by atoms with Gasteiger partial charge in [0.25, 0.3) is 5.91 Å². The number of morpholine rings is 1. The molecule has 0 saturated carbocycles. The molecule has 4 N–H and O–H groups in total. The Hall–Kier alpha value is -1.66. The molecule has 1 atom stereocenters. The molecule has 6 nitrogen and oxygen atoms in total. The predicted octanol–water partition coefficient (Wildman–Crippen LogP) is -0.419. The summed E-state index contributed by atoms with van der Waals surface area (Å²) in [6.07, 6.45) is 1.56. The number of rotatable bonds is 4. The van der Waals surface area contributed by atoms with Crippen LogP contribution in [0.3, 0.4) is 0 Å². The van der Waals surface area contributed by atoms with Crippen LogP contribution >= 0.6 is 0 Å². The summed E-state index contributed by atoms with van der Waals surface area (Å²) < 4.78 is 5.34. The van der Waals surface area contributed by atoms with Gasteiger partial charge in [0.15, 0.2) is 0 Å². The second-order valence-electron chi connectivity index (χ2n) is 3.90. The highest BCUT2D eigenvalue weighted by Crippen LogP contribution is 2.07. The van der Waals surface area contributed by atoms with Gasteiger partial charge in [-0.15, -0.1) is 0 Å². The third-order valence-electron chi connectivity index (χ3n) is 2.56. The Bertz CT molecular complexity index is 391. The number of hydrogen-bond donors (Lipinski definition) is 3. The number of ether oxygens (including phenoxy) is 1. The molecule has 1 fully saturated rings. The van der Waals surface area contributed by atoms with Crippen molar-refractivity contribution in [2.24, 2.45) is 5.73 Å². The SMILES string of the molecule is NC(=O)c1cc(NCC2COCCN2)ccn1. The van der Waals surface area contributed by atoms with Gasteiger partial charge in [-0.3, -0.25) is 9.78 Å². The van der Waals surface area contributed by atoms with Gasteiger partial charge in [-0.25, -0.2) is 0 Å². The molecule has 0 bridgehead atoms. The van der Waals surface area contributed by atoms with E-state index in [4.69, 9.17) is 10.5 Å². The number of nitrogens with one attached hydrogen (secondary N) is 2. The van der Waals surface area contributed by atoms with Gasteiger partial charge in [0.05, 0.1) is 13.2 Å². The lowest BCUT2D eigenvalue weighted by atomic mass is 10.2. The molecule has 0 aromatic carbocycles. The summed E-state index contributed by atoms with van der Waals surface area (Å²) >= 11 is 0. The summed E-state index contributed by atoms with van der Waals surface area (Å²) in [6, 6.07) is 3.73.